The molecule has 0 N–H and O–H groups in total. The Morgan fingerprint density at radius 2 is 1.92 bits per heavy atom. The summed E-state index contributed by atoms with van der Waals surface area (Å²) >= 11 is 0. The third-order valence-electron chi connectivity index (χ3n) is 3.80. The van der Waals surface area contributed by atoms with E-state index in [4.69, 9.17) is 4.74 Å². The van der Waals surface area contributed by atoms with Crippen molar-refractivity contribution in [3.8, 4) is 16.9 Å². The van der Waals surface area contributed by atoms with Crippen LogP contribution in [0.2, 0.25) is 0 Å². The first-order valence-electron chi connectivity index (χ1n) is 7.49. The van der Waals surface area contributed by atoms with Crippen molar-refractivity contribution in [1.29, 1.82) is 0 Å². The lowest BCUT2D eigenvalue weighted by atomic mass is 10.0. The summed E-state index contributed by atoms with van der Waals surface area (Å²) in [5, 5.41) is 0. The van der Waals surface area contributed by atoms with Crippen LogP contribution in [-0.2, 0) is 27.8 Å². The molecule has 0 fully saturated rings. The molecule has 0 amide bonds. The van der Waals surface area contributed by atoms with Crippen LogP contribution in [0, 0.1) is 0 Å². The van der Waals surface area contributed by atoms with Crippen LogP contribution in [0.3, 0.4) is 0 Å². The van der Waals surface area contributed by atoms with Gasteiger partial charge in [0.1, 0.15) is 5.75 Å². The Balaban J connectivity index is 2.35. The van der Waals surface area contributed by atoms with Crippen LogP contribution in [-0.4, -0.2) is 36.9 Å². The zero-order valence-corrected chi connectivity index (χ0v) is 14.2. The number of nitrogens with zero attached hydrogens (tertiary/aromatic N) is 2. The van der Waals surface area contributed by atoms with Crippen LogP contribution in [0.15, 0.2) is 46.3 Å². The number of esters is 1. The molecule has 0 unspecified atom stereocenters. The van der Waals surface area contributed by atoms with E-state index in [9.17, 15) is 14.4 Å². The second kappa shape index (κ2) is 8.08. The van der Waals surface area contributed by atoms with E-state index < -0.39 is 12.0 Å². The van der Waals surface area contributed by atoms with Gasteiger partial charge in [-0.1, -0.05) is 24.3 Å². The number of aliphatic imine (C=N–C) groups is 1. The van der Waals surface area contributed by atoms with Crippen molar-refractivity contribution in [2.75, 3.05) is 14.2 Å². The number of aryl methyl sites for hydroxylation is 1. The van der Waals surface area contributed by atoms with Gasteiger partial charge in [-0.05, 0) is 17.2 Å². The number of carbonyl (C=O) groups is 1. The Hall–Kier alpha value is -3.18. The van der Waals surface area contributed by atoms with Crippen LogP contribution >= 0.6 is 0 Å². The number of pyridine rings is 1. The third kappa shape index (κ3) is 4.02. The van der Waals surface area contributed by atoms with Crippen LogP contribution in [0.5, 0.6) is 5.75 Å². The topological polar surface area (TPSA) is 87.0 Å². The molecule has 0 saturated carbocycles. The molecule has 0 radical (unpaired) electrons. The fraction of sp³-hybridized carbons (Fsp3) is 0.278. The van der Waals surface area contributed by atoms with Crippen LogP contribution in [0.25, 0.3) is 11.1 Å². The fourth-order valence-electron chi connectivity index (χ4n) is 2.46. The molecule has 0 bridgehead atoms. The Morgan fingerprint density at radius 3 is 2.48 bits per heavy atom. The fourth-order valence-corrected chi connectivity index (χ4v) is 2.46. The molecule has 0 spiro atoms. The lowest BCUT2D eigenvalue weighted by Gasteiger charge is -2.11. The summed E-state index contributed by atoms with van der Waals surface area (Å²) in [5.41, 5.74) is 1.74. The number of ether oxygens (including phenoxy) is 2. The van der Waals surface area contributed by atoms with Gasteiger partial charge < -0.3 is 14.0 Å². The van der Waals surface area contributed by atoms with Gasteiger partial charge in [0.25, 0.3) is 5.56 Å². The first kappa shape index (κ1) is 18.2. The number of benzene rings is 1. The summed E-state index contributed by atoms with van der Waals surface area (Å²) in [6.45, 7) is 0. The molecule has 25 heavy (non-hydrogen) atoms. The average Bonchev–Trinajstić information content (AvgIpc) is 2.63. The molecule has 2 rings (SSSR count). The number of aromatic nitrogens is 1. The lowest BCUT2D eigenvalue weighted by Crippen LogP contribution is -2.22. The second-order valence-electron chi connectivity index (χ2n) is 5.34. The van der Waals surface area contributed by atoms with E-state index >= 15 is 0 Å². The Labute approximate surface area is 144 Å². The van der Waals surface area contributed by atoms with E-state index in [2.05, 4.69) is 9.73 Å². The predicted octanol–water partition coefficient (Wildman–Crippen LogP) is 1.48. The summed E-state index contributed by atoms with van der Waals surface area (Å²) in [7, 11) is 4.40. The van der Waals surface area contributed by atoms with Gasteiger partial charge in [0, 0.05) is 19.7 Å². The first-order chi connectivity index (χ1) is 12.0. The van der Waals surface area contributed by atoms with E-state index in [1.807, 2.05) is 0 Å². The second-order valence-corrected chi connectivity index (χ2v) is 5.34. The van der Waals surface area contributed by atoms with Gasteiger partial charge in [0.2, 0.25) is 6.08 Å². The molecule has 1 heterocycles. The van der Waals surface area contributed by atoms with Gasteiger partial charge in [-0.3, -0.25) is 4.79 Å². The zero-order valence-electron chi connectivity index (χ0n) is 14.2. The predicted molar refractivity (Wildman–Crippen MR) is 91.3 cm³/mol. The average molecular weight is 342 g/mol. The molecule has 7 nitrogen and oxygen atoms in total. The summed E-state index contributed by atoms with van der Waals surface area (Å²) in [5.74, 6) is -0.125. The number of rotatable bonds is 6. The van der Waals surface area contributed by atoms with Crippen LogP contribution < -0.4 is 10.3 Å². The minimum Gasteiger partial charge on any atom is -0.496 e. The van der Waals surface area contributed by atoms with Gasteiger partial charge in [-0.2, -0.15) is 4.99 Å². The highest BCUT2D eigenvalue weighted by molar-refractivity contribution is 5.77. The number of hydrogen-bond donors (Lipinski definition) is 0. The molecule has 1 atom stereocenters. The lowest BCUT2D eigenvalue weighted by molar-refractivity contribution is -0.142. The molecule has 1 aromatic carbocycles. The van der Waals surface area contributed by atoms with Crippen molar-refractivity contribution in [3.05, 3.63) is 52.4 Å². The highest BCUT2D eigenvalue weighted by Gasteiger charge is 2.19. The molecule has 0 aliphatic heterocycles. The molecule has 0 aliphatic carbocycles. The summed E-state index contributed by atoms with van der Waals surface area (Å²) in [4.78, 5) is 37.9. The van der Waals surface area contributed by atoms with Gasteiger partial charge in [-0.15, -0.1) is 0 Å². The molecule has 0 aliphatic rings. The zero-order chi connectivity index (χ0) is 18.4. The number of hydrogen-bond acceptors (Lipinski definition) is 6. The Bertz CT molecular complexity index is 864. The van der Waals surface area contributed by atoms with E-state index in [0.717, 1.165) is 5.56 Å². The number of isocyanates is 1. The third-order valence-corrected chi connectivity index (χ3v) is 3.80. The van der Waals surface area contributed by atoms with Crippen LogP contribution in [0.4, 0.5) is 0 Å². The first-order valence-corrected chi connectivity index (χ1v) is 7.49. The maximum atomic E-state index is 12.4. The molecule has 0 saturated heterocycles. The van der Waals surface area contributed by atoms with Gasteiger partial charge in [0.05, 0.1) is 19.8 Å². The summed E-state index contributed by atoms with van der Waals surface area (Å²) in [6, 6.07) is 7.82. The standard InChI is InChI=1S/C18H18N2O5/c1-20-9-8-15(24-2)16(17(20)22)13-6-4-12(5-7-13)10-14(19-11-21)18(23)25-3/h4-9,14H,10H2,1-3H3/t14-/m0/s1. The normalized spacial score (nSPS) is 11.3. The number of methoxy groups -OCH3 is 2. The van der Waals surface area contributed by atoms with Crippen molar-refractivity contribution in [2.24, 2.45) is 12.0 Å². The van der Waals surface area contributed by atoms with E-state index in [1.165, 1.54) is 24.9 Å². The molecular weight excluding hydrogens is 324 g/mol. The summed E-state index contributed by atoms with van der Waals surface area (Å²) in [6.07, 6.45) is 3.22. The minimum atomic E-state index is -0.938. The van der Waals surface area contributed by atoms with Crippen molar-refractivity contribution < 1.29 is 19.1 Å². The Kier molecular flexibility index (Phi) is 5.87. The molecular formula is C18H18N2O5. The van der Waals surface area contributed by atoms with Gasteiger partial charge in [-0.25, -0.2) is 9.59 Å². The molecule has 130 valence electrons. The Morgan fingerprint density at radius 1 is 1.24 bits per heavy atom. The highest BCUT2D eigenvalue weighted by Crippen LogP contribution is 2.26. The van der Waals surface area contributed by atoms with E-state index in [1.54, 1.807) is 43.6 Å². The molecule has 2 aromatic rings. The maximum Gasteiger partial charge on any atom is 0.331 e. The van der Waals surface area contributed by atoms with E-state index in [-0.39, 0.29) is 12.0 Å². The minimum absolute atomic E-state index is 0.176. The SMILES string of the molecule is COC(=O)[C@H](Cc1ccc(-c2c(OC)ccn(C)c2=O)cc1)N=C=O. The quantitative estimate of drug-likeness (QED) is 0.451. The highest BCUT2D eigenvalue weighted by atomic mass is 16.5. The van der Waals surface area contributed by atoms with Gasteiger partial charge >= 0.3 is 5.97 Å². The van der Waals surface area contributed by atoms with Crippen LogP contribution in [0.1, 0.15) is 5.56 Å². The van der Waals surface area contributed by atoms with Crippen molar-refractivity contribution in [1.82, 2.24) is 4.57 Å². The number of carbonyl (C=O) groups excluding carboxylic acids is 2. The van der Waals surface area contributed by atoms with Gasteiger partial charge in [0.15, 0.2) is 6.04 Å². The summed E-state index contributed by atoms with van der Waals surface area (Å²) < 4.78 is 11.4. The van der Waals surface area contributed by atoms with Crippen molar-refractivity contribution >= 4 is 12.0 Å². The molecule has 7 heteroatoms. The largest absolute Gasteiger partial charge is 0.496 e. The van der Waals surface area contributed by atoms with E-state index in [0.29, 0.717) is 16.9 Å². The maximum absolute atomic E-state index is 12.4. The monoisotopic (exact) mass is 342 g/mol. The van der Waals surface area contributed by atoms with Crippen molar-refractivity contribution in [2.45, 2.75) is 12.5 Å². The van der Waals surface area contributed by atoms with Crippen molar-refractivity contribution in [3.63, 3.8) is 0 Å². The molecule has 1 aromatic heterocycles. The smallest absolute Gasteiger partial charge is 0.331 e.